The number of benzene rings is 1. The first-order valence-corrected chi connectivity index (χ1v) is 7.50. The summed E-state index contributed by atoms with van der Waals surface area (Å²) in [5.74, 6) is 0.0409. The van der Waals surface area contributed by atoms with Gasteiger partial charge in [0, 0.05) is 12.0 Å². The van der Waals surface area contributed by atoms with Gasteiger partial charge in [-0.1, -0.05) is 26.0 Å². The molecular weight excluding hydrogens is 281 g/mol. The van der Waals surface area contributed by atoms with E-state index in [1.54, 1.807) is 18.4 Å². The maximum absolute atomic E-state index is 13.8. The summed E-state index contributed by atoms with van der Waals surface area (Å²) in [6.07, 6.45) is 3.39. The van der Waals surface area contributed by atoms with E-state index in [0.29, 0.717) is 0 Å². The van der Waals surface area contributed by atoms with Crippen molar-refractivity contribution in [2.45, 2.75) is 39.7 Å². The minimum atomic E-state index is -0.501. The van der Waals surface area contributed by atoms with Crippen molar-refractivity contribution in [1.82, 2.24) is 5.32 Å². The van der Waals surface area contributed by atoms with E-state index in [-0.39, 0.29) is 22.9 Å². The molecule has 3 rings (SSSR count). The number of halogens is 1. The standard InChI is InChI=1S/C18H20FNO2/c1-11-10-22-15-9-18(2,3)8-14(16(11)15)20-17(21)12-6-4-5-7-13(12)19/h4-7,10,14H,8-9H2,1-3H3,(H,20,21). The fraction of sp³-hybridized carbons (Fsp3) is 0.389. The minimum absolute atomic E-state index is 0.0322. The Kier molecular flexibility index (Phi) is 3.55. The van der Waals surface area contributed by atoms with E-state index in [1.807, 2.05) is 6.92 Å². The number of carbonyl (C=O) groups excluding carboxylic acids is 1. The number of hydrogen-bond donors (Lipinski definition) is 1. The molecule has 116 valence electrons. The molecule has 0 spiro atoms. The predicted octanol–water partition coefficient (Wildman–Crippen LogP) is 4.17. The molecule has 1 heterocycles. The summed E-state index contributed by atoms with van der Waals surface area (Å²) >= 11 is 0. The molecule has 1 aliphatic rings. The second-order valence-corrected chi connectivity index (χ2v) is 6.81. The largest absolute Gasteiger partial charge is 0.469 e. The maximum atomic E-state index is 13.8. The Bertz CT molecular complexity index is 718. The molecule has 1 N–H and O–H groups in total. The second kappa shape index (κ2) is 5.27. The zero-order valence-electron chi connectivity index (χ0n) is 13.1. The van der Waals surface area contributed by atoms with Crippen LogP contribution in [0.3, 0.4) is 0 Å². The molecule has 1 unspecified atom stereocenters. The average Bonchev–Trinajstić information content (AvgIpc) is 2.79. The van der Waals surface area contributed by atoms with E-state index in [0.717, 1.165) is 29.7 Å². The number of hydrogen-bond acceptors (Lipinski definition) is 2. The first-order chi connectivity index (χ1) is 10.4. The fourth-order valence-corrected chi connectivity index (χ4v) is 3.28. The molecule has 3 nitrogen and oxygen atoms in total. The maximum Gasteiger partial charge on any atom is 0.254 e. The molecular formula is C18H20FNO2. The van der Waals surface area contributed by atoms with Gasteiger partial charge in [0.2, 0.25) is 0 Å². The van der Waals surface area contributed by atoms with Gasteiger partial charge in [0.05, 0.1) is 17.9 Å². The number of carbonyl (C=O) groups is 1. The molecule has 4 heteroatoms. The SMILES string of the molecule is Cc1coc2c1C(NC(=O)c1ccccc1F)CC(C)(C)C2. The second-order valence-electron chi connectivity index (χ2n) is 6.81. The smallest absolute Gasteiger partial charge is 0.254 e. The van der Waals surface area contributed by atoms with E-state index >= 15 is 0 Å². The highest BCUT2D eigenvalue weighted by Crippen LogP contribution is 2.42. The van der Waals surface area contributed by atoms with Crippen LogP contribution in [-0.2, 0) is 6.42 Å². The Morgan fingerprint density at radius 3 is 2.82 bits per heavy atom. The zero-order valence-corrected chi connectivity index (χ0v) is 13.1. The summed E-state index contributed by atoms with van der Waals surface area (Å²) < 4.78 is 19.4. The lowest BCUT2D eigenvalue weighted by molar-refractivity contribution is 0.0913. The van der Waals surface area contributed by atoms with Crippen molar-refractivity contribution >= 4 is 5.91 Å². The lowest BCUT2D eigenvalue weighted by Gasteiger charge is -2.35. The third-order valence-electron chi connectivity index (χ3n) is 4.27. The van der Waals surface area contributed by atoms with E-state index in [1.165, 1.54) is 12.1 Å². The minimum Gasteiger partial charge on any atom is -0.469 e. The van der Waals surface area contributed by atoms with Crippen molar-refractivity contribution in [1.29, 1.82) is 0 Å². The third-order valence-corrected chi connectivity index (χ3v) is 4.27. The summed E-state index contributed by atoms with van der Waals surface area (Å²) in [6.45, 7) is 6.27. The predicted molar refractivity (Wildman–Crippen MR) is 82.2 cm³/mol. The molecule has 0 bridgehead atoms. The van der Waals surface area contributed by atoms with E-state index in [9.17, 15) is 9.18 Å². The molecule has 1 atom stereocenters. The Morgan fingerprint density at radius 2 is 2.09 bits per heavy atom. The molecule has 2 aromatic rings. The monoisotopic (exact) mass is 301 g/mol. The number of fused-ring (bicyclic) bond motifs is 1. The molecule has 22 heavy (non-hydrogen) atoms. The number of aryl methyl sites for hydroxylation is 1. The van der Waals surface area contributed by atoms with Crippen molar-refractivity contribution in [2.24, 2.45) is 5.41 Å². The van der Waals surface area contributed by atoms with Crippen LogP contribution in [-0.4, -0.2) is 5.91 Å². The van der Waals surface area contributed by atoms with Crippen molar-refractivity contribution in [2.75, 3.05) is 0 Å². The highest BCUT2D eigenvalue weighted by molar-refractivity contribution is 5.94. The van der Waals surface area contributed by atoms with Crippen molar-refractivity contribution in [3.8, 4) is 0 Å². The third kappa shape index (κ3) is 2.65. The summed E-state index contributed by atoms with van der Waals surface area (Å²) in [6, 6.07) is 5.89. The van der Waals surface area contributed by atoms with Crippen LogP contribution in [0, 0.1) is 18.2 Å². The number of rotatable bonds is 2. The Hall–Kier alpha value is -2.10. The summed E-state index contributed by atoms with van der Waals surface area (Å²) in [7, 11) is 0. The normalized spacial score (nSPS) is 19.5. The lowest BCUT2D eigenvalue weighted by atomic mass is 9.74. The van der Waals surface area contributed by atoms with Crippen LogP contribution in [0.2, 0.25) is 0 Å². The lowest BCUT2D eigenvalue weighted by Crippen LogP contribution is -2.36. The van der Waals surface area contributed by atoms with Gasteiger partial charge >= 0.3 is 0 Å². The van der Waals surface area contributed by atoms with E-state index < -0.39 is 5.82 Å². The number of amides is 1. The first-order valence-electron chi connectivity index (χ1n) is 7.50. The highest BCUT2D eigenvalue weighted by Gasteiger charge is 2.36. The molecule has 1 amide bonds. The van der Waals surface area contributed by atoms with Crippen LogP contribution >= 0.6 is 0 Å². The van der Waals surface area contributed by atoms with Crippen molar-refractivity contribution < 1.29 is 13.6 Å². The van der Waals surface area contributed by atoms with E-state index in [4.69, 9.17) is 4.42 Å². The highest BCUT2D eigenvalue weighted by atomic mass is 19.1. The molecule has 1 aromatic heterocycles. The molecule has 0 fully saturated rings. The molecule has 0 aliphatic heterocycles. The van der Waals surface area contributed by atoms with Gasteiger partial charge in [-0.25, -0.2) is 4.39 Å². The topological polar surface area (TPSA) is 42.2 Å². The fourth-order valence-electron chi connectivity index (χ4n) is 3.28. The Balaban J connectivity index is 1.90. The van der Waals surface area contributed by atoms with Crippen LogP contribution in [0.5, 0.6) is 0 Å². The van der Waals surface area contributed by atoms with Crippen molar-refractivity contribution in [3.63, 3.8) is 0 Å². The van der Waals surface area contributed by atoms with Gasteiger partial charge in [0.25, 0.3) is 5.91 Å². The van der Waals surface area contributed by atoms with E-state index in [2.05, 4.69) is 19.2 Å². The average molecular weight is 301 g/mol. The van der Waals surface area contributed by atoms with Gasteiger partial charge in [0.15, 0.2) is 0 Å². The van der Waals surface area contributed by atoms with Gasteiger partial charge in [-0.05, 0) is 36.5 Å². The molecule has 0 saturated carbocycles. The Labute approximate surface area is 129 Å². The van der Waals surface area contributed by atoms with Crippen LogP contribution in [0.15, 0.2) is 34.9 Å². The molecule has 0 radical (unpaired) electrons. The van der Waals surface area contributed by atoms with Gasteiger partial charge in [-0.2, -0.15) is 0 Å². The van der Waals surface area contributed by atoms with Gasteiger partial charge in [-0.3, -0.25) is 4.79 Å². The summed E-state index contributed by atoms with van der Waals surface area (Å²) in [4.78, 5) is 12.4. The molecule has 1 aromatic carbocycles. The number of furan rings is 1. The van der Waals surface area contributed by atoms with Gasteiger partial charge in [0.1, 0.15) is 11.6 Å². The van der Waals surface area contributed by atoms with Crippen LogP contribution in [0.4, 0.5) is 4.39 Å². The molecule has 0 saturated heterocycles. The van der Waals surface area contributed by atoms with Crippen molar-refractivity contribution in [3.05, 3.63) is 58.8 Å². The zero-order chi connectivity index (χ0) is 15.9. The summed E-state index contributed by atoms with van der Waals surface area (Å²) in [5.41, 5.74) is 2.19. The van der Waals surface area contributed by atoms with Gasteiger partial charge < -0.3 is 9.73 Å². The summed E-state index contributed by atoms with van der Waals surface area (Å²) in [5, 5.41) is 2.98. The van der Waals surface area contributed by atoms with Crippen LogP contribution in [0.1, 0.15) is 53.6 Å². The first kappa shape index (κ1) is 14.8. The Morgan fingerprint density at radius 1 is 1.36 bits per heavy atom. The van der Waals surface area contributed by atoms with Crippen LogP contribution < -0.4 is 5.32 Å². The number of nitrogens with one attached hydrogen (secondary N) is 1. The quantitative estimate of drug-likeness (QED) is 0.904. The van der Waals surface area contributed by atoms with Crippen LogP contribution in [0.25, 0.3) is 0 Å². The van der Waals surface area contributed by atoms with Gasteiger partial charge in [-0.15, -0.1) is 0 Å². The molecule has 1 aliphatic carbocycles.